The Morgan fingerprint density at radius 2 is 1.97 bits per heavy atom. The van der Waals surface area contributed by atoms with Gasteiger partial charge in [-0.3, -0.25) is 4.79 Å². The smallest absolute Gasteiger partial charge is 0.341 e. The first-order chi connectivity index (χ1) is 19.0. The van der Waals surface area contributed by atoms with Crippen LogP contribution >= 0.6 is 23.1 Å². The minimum atomic E-state index is -0.644. The molecule has 0 saturated heterocycles. The lowest BCUT2D eigenvalue weighted by atomic mass is 9.83. The third kappa shape index (κ3) is 5.79. The lowest BCUT2D eigenvalue weighted by Gasteiger charge is -2.23. The Morgan fingerprint density at radius 1 is 1.21 bits per heavy atom. The van der Waals surface area contributed by atoms with Gasteiger partial charge in [0.05, 0.1) is 30.3 Å². The molecule has 1 N–H and O–H groups in total. The molecule has 1 aliphatic carbocycles. The quantitative estimate of drug-likeness (QED) is 0.182. The van der Waals surface area contributed by atoms with Gasteiger partial charge in [0, 0.05) is 17.0 Å². The second-order valence-corrected chi connectivity index (χ2v) is 11.0. The Morgan fingerprint density at radius 3 is 2.69 bits per heavy atom. The zero-order valence-corrected chi connectivity index (χ0v) is 23.1. The van der Waals surface area contributed by atoms with Crippen molar-refractivity contribution in [1.82, 2.24) is 5.27 Å². The third-order valence-electron chi connectivity index (χ3n) is 6.50. The number of anilines is 1. The van der Waals surface area contributed by atoms with Crippen LogP contribution in [0.5, 0.6) is 11.7 Å². The van der Waals surface area contributed by atoms with Crippen molar-refractivity contribution in [1.29, 1.82) is 0 Å². The third-order valence-corrected chi connectivity index (χ3v) is 8.69. The van der Waals surface area contributed by atoms with Gasteiger partial charge in [0.2, 0.25) is 11.6 Å². The van der Waals surface area contributed by atoms with Gasteiger partial charge < -0.3 is 24.4 Å². The maximum atomic E-state index is 13.0. The number of esters is 1. The number of methoxy groups -OCH3 is 1. The van der Waals surface area contributed by atoms with Crippen LogP contribution in [-0.4, -0.2) is 36.6 Å². The first-order valence-electron chi connectivity index (χ1n) is 12.5. The summed E-state index contributed by atoms with van der Waals surface area (Å²) in [4.78, 5) is 27.0. The van der Waals surface area contributed by atoms with Crippen molar-refractivity contribution in [2.24, 2.45) is 0 Å². The van der Waals surface area contributed by atoms with Gasteiger partial charge >= 0.3 is 5.97 Å². The Labute approximate surface area is 233 Å². The Bertz CT molecular complexity index is 1470. The molecule has 0 fully saturated rings. The van der Waals surface area contributed by atoms with E-state index in [-0.39, 0.29) is 23.3 Å². The predicted octanol–water partition coefficient (Wildman–Crippen LogP) is 4.28. The Kier molecular flexibility index (Phi) is 8.18. The van der Waals surface area contributed by atoms with Crippen molar-refractivity contribution in [3.05, 3.63) is 76.2 Å². The van der Waals surface area contributed by atoms with Crippen molar-refractivity contribution in [2.45, 2.75) is 37.1 Å². The highest BCUT2D eigenvalue weighted by Gasteiger charge is 2.31. The number of thiophene rings is 1. The summed E-state index contributed by atoms with van der Waals surface area (Å²) in [6.07, 6.45) is 2.43. The van der Waals surface area contributed by atoms with Gasteiger partial charge in [-0.1, -0.05) is 30.3 Å². The van der Waals surface area contributed by atoms with Crippen molar-refractivity contribution in [2.75, 3.05) is 24.8 Å². The first kappa shape index (κ1) is 26.8. The second-order valence-electron chi connectivity index (χ2n) is 8.89. The van der Waals surface area contributed by atoms with E-state index in [0.29, 0.717) is 27.9 Å². The largest absolute Gasteiger partial charge is 0.538 e. The van der Waals surface area contributed by atoms with Crippen LogP contribution in [0.25, 0.3) is 5.69 Å². The number of hydrogen-bond donors (Lipinski definition) is 1. The molecular weight excluding hydrogens is 538 g/mol. The zero-order valence-electron chi connectivity index (χ0n) is 21.5. The molecule has 2 aromatic carbocycles. The van der Waals surface area contributed by atoms with Gasteiger partial charge in [-0.25, -0.2) is 4.79 Å². The van der Waals surface area contributed by atoms with Gasteiger partial charge in [-0.15, -0.1) is 11.3 Å². The number of nitrogens with one attached hydrogen (secondary N) is 1. The molecule has 2 aromatic heterocycles. The van der Waals surface area contributed by atoms with Crippen molar-refractivity contribution >= 4 is 40.0 Å². The molecule has 0 radical (unpaired) electrons. The molecule has 1 atom stereocenters. The lowest BCUT2D eigenvalue weighted by Crippen LogP contribution is -2.35. The molecule has 1 aliphatic rings. The number of nitrogens with zero attached hydrogens (tertiary/aromatic N) is 2. The fraction of sp³-hybridized carbons (Fsp3) is 0.286. The molecule has 5 rings (SSSR count). The van der Waals surface area contributed by atoms with Gasteiger partial charge in [0.15, 0.2) is 5.95 Å². The normalized spacial score (nSPS) is 14.5. The van der Waals surface area contributed by atoms with E-state index in [1.807, 2.05) is 18.2 Å². The fourth-order valence-corrected chi connectivity index (χ4v) is 6.74. The number of carbonyl (C=O) groups excluding carboxylic acids is 2. The minimum Gasteiger partial charge on any atom is -0.538 e. The molecule has 0 aliphatic heterocycles. The maximum absolute atomic E-state index is 13.0. The van der Waals surface area contributed by atoms with Gasteiger partial charge in [-0.05, 0) is 71.8 Å². The summed E-state index contributed by atoms with van der Waals surface area (Å²) >= 11 is 2.43. The Hall–Kier alpha value is -3.83. The highest BCUT2D eigenvalue weighted by molar-refractivity contribution is 7.99. The summed E-state index contributed by atoms with van der Waals surface area (Å²) in [6.45, 7) is 2.00. The number of ether oxygens (including phenoxy) is 2. The van der Waals surface area contributed by atoms with E-state index >= 15 is 0 Å². The number of carbonyl (C=O) groups is 2. The zero-order chi connectivity index (χ0) is 27.4. The van der Waals surface area contributed by atoms with Crippen LogP contribution in [0.3, 0.4) is 0 Å². The van der Waals surface area contributed by atoms with Crippen LogP contribution in [0, 0.1) is 0 Å². The average Bonchev–Trinajstić information content (AvgIpc) is 3.51. The number of benzene rings is 2. The average molecular weight is 566 g/mol. The molecule has 1 amide bonds. The highest BCUT2D eigenvalue weighted by atomic mass is 32.2. The SMILES string of the molecule is CCOC(=O)c1c(NC(=O)CSc2c([O-])on[n+]2-c2ccc(OC)cc2)sc2c1CCC(c1ccccc1)C2. The van der Waals surface area contributed by atoms with E-state index in [1.165, 1.54) is 21.6 Å². The van der Waals surface area contributed by atoms with Gasteiger partial charge in [0.1, 0.15) is 10.8 Å². The molecule has 4 aromatic rings. The van der Waals surface area contributed by atoms with Crippen LogP contribution in [0.1, 0.15) is 45.6 Å². The lowest BCUT2D eigenvalue weighted by molar-refractivity contribution is -0.705. The van der Waals surface area contributed by atoms with Crippen LogP contribution in [0.15, 0.2) is 64.1 Å². The molecule has 0 bridgehead atoms. The van der Waals surface area contributed by atoms with E-state index < -0.39 is 11.9 Å². The second kappa shape index (κ2) is 11.9. The monoisotopic (exact) mass is 565 g/mol. The van der Waals surface area contributed by atoms with E-state index in [1.54, 1.807) is 38.3 Å². The number of hydrogen-bond acceptors (Lipinski definition) is 9. The molecular formula is C28H27N3O6S2. The van der Waals surface area contributed by atoms with Crippen molar-refractivity contribution in [3.8, 4) is 17.4 Å². The number of fused-ring (bicyclic) bond motifs is 1. The van der Waals surface area contributed by atoms with Crippen LogP contribution in [0.2, 0.25) is 0 Å². The summed E-state index contributed by atoms with van der Waals surface area (Å²) in [5, 5.41) is 19.7. The fourth-order valence-electron chi connectivity index (χ4n) is 4.65. The highest BCUT2D eigenvalue weighted by Crippen LogP contribution is 2.43. The summed E-state index contributed by atoms with van der Waals surface area (Å²) in [5.41, 5.74) is 3.24. The van der Waals surface area contributed by atoms with Gasteiger partial charge in [-0.2, -0.15) is 0 Å². The molecule has 9 nitrogen and oxygen atoms in total. The maximum Gasteiger partial charge on any atom is 0.341 e. The predicted molar refractivity (Wildman–Crippen MR) is 145 cm³/mol. The molecule has 0 saturated carbocycles. The summed E-state index contributed by atoms with van der Waals surface area (Å²) in [5.74, 6) is -0.507. The van der Waals surface area contributed by atoms with E-state index in [9.17, 15) is 14.7 Å². The van der Waals surface area contributed by atoms with Crippen LogP contribution in [-0.2, 0) is 22.4 Å². The molecule has 2 heterocycles. The molecule has 39 heavy (non-hydrogen) atoms. The van der Waals surface area contributed by atoms with Crippen molar-refractivity contribution < 1.29 is 33.4 Å². The molecule has 0 spiro atoms. The van der Waals surface area contributed by atoms with Gasteiger partial charge in [0.25, 0.3) is 5.03 Å². The molecule has 1 unspecified atom stereocenters. The summed E-state index contributed by atoms with van der Waals surface area (Å²) in [7, 11) is 1.56. The van der Waals surface area contributed by atoms with E-state index in [0.717, 1.165) is 41.5 Å². The number of rotatable bonds is 9. The summed E-state index contributed by atoms with van der Waals surface area (Å²) in [6, 6.07) is 17.3. The molecule has 202 valence electrons. The van der Waals surface area contributed by atoms with Crippen LogP contribution < -0.4 is 19.8 Å². The Balaban J connectivity index is 1.33. The first-order valence-corrected chi connectivity index (χ1v) is 14.3. The topological polar surface area (TPSA) is 118 Å². The number of amides is 1. The minimum absolute atomic E-state index is 0.0793. The summed E-state index contributed by atoms with van der Waals surface area (Å²) < 4.78 is 16.7. The number of thioether (sulfide) groups is 1. The standard InChI is InChI=1S/C28H27N3O6S2/c1-3-36-27(33)24-21-14-9-18(17-7-5-4-6-8-17)15-22(21)39-25(24)29-23(32)16-38-26-28(34)37-30-31(26)19-10-12-20(35-2)13-11-19/h4-8,10-13,18H,3,9,14-16H2,1-2H3,(H-,29,30,32,33,34). The molecule has 11 heteroatoms. The van der Waals surface area contributed by atoms with E-state index in [4.69, 9.17) is 14.0 Å². The van der Waals surface area contributed by atoms with Crippen molar-refractivity contribution in [3.63, 3.8) is 0 Å². The van der Waals surface area contributed by atoms with Crippen LogP contribution in [0.4, 0.5) is 5.00 Å². The van der Waals surface area contributed by atoms with E-state index in [2.05, 4.69) is 22.7 Å². The number of aromatic nitrogens is 2.